The largest absolute Gasteiger partial charge is 0.377 e. The van der Waals surface area contributed by atoms with Crippen molar-refractivity contribution in [2.75, 3.05) is 7.11 Å². The van der Waals surface area contributed by atoms with Crippen LogP contribution in [0, 0.1) is 0 Å². The molecule has 0 aliphatic heterocycles. The van der Waals surface area contributed by atoms with Crippen molar-refractivity contribution in [3.05, 3.63) is 47.2 Å². The fourth-order valence-corrected chi connectivity index (χ4v) is 1.04. The van der Waals surface area contributed by atoms with E-state index in [9.17, 15) is 0 Å². The Bertz CT molecular complexity index is 332. The van der Waals surface area contributed by atoms with Crippen molar-refractivity contribution < 1.29 is 4.74 Å². The van der Waals surface area contributed by atoms with Gasteiger partial charge in [0.2, 0.25) is 0 Å². The van der Waals surface area contributed by atoms with E-state index in [-0.39, 0.29) is 6.10 Å². The molecule has 0 radical (unpaired) electrons. The highest BCUT2D eigenvalue weighted by molar-refractivity contribution is 5.48. The molecule has 1 heteroatoms. The van der Waals surface area contributed by atoms with Crippen LogP contribution in [0.15, 0.2) is 41.6 Å². The van der Waals surface area contributed by atoms with E-state index in [1.54, 1.807) is 7.11 Å². The first-order valence-electron chi connectivity index (χ1n) is 4.75. The zero-order valence-corrected chi connectivity index (χ0v) is 8.95. The molecule has 0 fully saturated rings. The Morgan fingerprint density at radius 1 is 1.36 bits per heavy atom. The Labute approximate surface area is 85.7 Å². The summed E-state index contributed by atoms with van der Waals surface area (Å²) in [4.78, 5) is 0. The number of hydrogen-bond donors (Lipinski definition) is 0. The molecular formula is C13H16O. The molecule has 74 valence electrons. The van der Waals surface area contributed by atoms with E-state index in [0.29, 0.717) is 0 Å². The predicted molar refractivity (Wildman–Crippen MR) is 60.1 cm³/mol. The van der Waals surface area contributed by atoms with Crippen molar-refractivity contribution in [3.8, 4) is 0 Å². The van der Waals surface area contributed by atoms with Crippen LogP contribution in [-0.4, -0.2) is 13.2 Å². The van der Waals surface area contributed by atoms with Crippen molar-refractivity contribution in [2.24, 2.45) is 0 Å². The van der Waals surface area contributed by atoms with Gasteiger partial charge in [-0.15, -0.1) is 5.73 Å². The summed E-state index contributed by atoms with van der Waals surface area (Å²) in [5, 5.41) is 0. The Morgan fingerprint density at radius 2 is 2.00 bits per heavy atom. The third kappa shape index (κ3) is 3.21. The summed E-state index contributed by atoms with van der Waals surface area (Å²) >= 11 is 0. The highest BCUT2D eigenvalue weighted by atomic mass is 16.5. The normalized spacial score (nSPS) is 11.6. The van der Waals surface area contributed by atoms with Crippen LogP contribution in [-0.2, 0) is 4.74 Å². The Morgan fingerprint density at radius 3 is 2.57 bits per heavy atom. The van der Waals surface area contributed by atoms with Gasteiger partial charge in [0.1, 0.15) is 0 Å². The quantitative estimate of drug-likeness (QED) is 0.661. The maximum Gasteiger partial charge on any atom is 0.0823 e. The number of rotatable bonds is 3. The second kappa shape index (κ2) is 5.43. The van der Waals surface area contributed by atoms with E-state index >= 15 is 0 Å². The molecule has 0 unspecified atom stereocenters. The van der Waals surface area contributed by atoms with E-state index in [1.807, 2.05) is 38.1 Å². The molecule has 1 aromatic carbocycles. The van der Waals surface area contributed by atoms with E-state index in [1.165, 1.54) is 0 Å². The molecule has 14 heavy (non-hydrogen) atoms. The van der Waals surface area contributed by atoms with Crippen LogP contribution in [0.4, 0.5) is 0 Å². The first-order chi connectivity index (χ1) is 6.74. The van der Waals surface area contributed by atoms with Crippen molar-refractivity contribution in [3.63, 3.8) is 0 Å². The van der Waals surface area contributed by atoms with Gasteiger partial charge in [-0.25, -0.2) is 0 Å². The first kappa shape index (κ1) is 10.8. The van der Waals surface area contributed by atoms with Gasteiger partial charge in [0.15, 0.2) is 0 Å². The molecule has 1 rings (SSSR count). The SMILES string of the molecule is CO[C@@H](C)C(C)=C=Cc1ccccc1. The molecule has 0 saturated heterocycles. The average Bonchev–Trinajstić information content (AvgIpc) is 2.26. The lowest BCUT2D eigenvalue weighted by Gasteiger charge is -2.06. The number of benzene rings is 1. The molecule has 1 aromatic rings. The van der Waals surface area contributed by atoms with E-state index in [2.05, 4.69) is 17.9 Å². The van der Waals surface area contributed by atoms with Gasteiger partial charge >= 0.3 is 0 Å². The molecule has 0 spiro atoms. The highest BCUT2D eigenvalue weighted by Gasteiger charge is 1.98. The molecule has 0 amide bonds. The second-order valence-electron chi connectivity index (χ2n) is 3.26. The standard InChI is InChI=1S/C13H16O/c1-11(12(2)14-3)9-10-13-7-5-4-6-8-13/h4-8,10,12H,1-3H3/t9?,12-/m0/s1. The minimum absolute atomic E-state index is 0.134. The second-order valence-corrected chi connectivity index (χ2v) is 3.26. The third-order valence-corrected chi connectivity index (χ3v) is 2.23. The topological polar surface area (TPSA) is 9.23 Å². The molecule has 0 aliphatic rings. The van der Waals surface area contributed by atoms with Crippen molar-refractivity contribution in [2.45, 2.75) is 20.0 Å². The van der Waals surface area contributed by atoms with Gasteiger partial charge in [0, 0.05) is 7.11 Å². The highest BCUT2D eigenvalue weighted by Crippen LogP contribution is 2.05. The minimum atomic E-state index is 0.134. The summed E-state index contributed by atoms with van der Waals surface area (Å²) in [6.45, 7) is 4.04. The smallest absolute Gasteiger partial charge is 0.0823 e. The van der Waals surface area contributed by atoms with Crippen molar-refractivity contribution >= 4 is 6.08 Å². The molecule has 0 aromatic heterocycles. The fraction of sp³-hybridized carbons (Fsp3) is 0.308. The average molecular weight is 188 g/mol. The van der Waals surface area contributed by atoms with Crippen LogP contribution < -0.4 is 0 Å². The van der Waals surface area contributed by atoms with Crippen LogP contribution in [0.1, 0.15) is 19.4 Å². The van der Waals surface area contributed by atoms with Gasteiger partial charge in [-0.2, -0.15) is 0 Å². The number of ether oxygens (including phenoxy) is 1. The summed E-state index contributed by atoms with van der Waals surface area (Å²) in [7, 11) is 1.71. The van der Waals surface area contributed by atoms with E-state index in [4.69, 9.17) is 4.74 Å². The lowest BCUT2D eigenvalue weighted by molar-refractivity contribution is 0.147. The third-order valence-electron chi connectivity index (χ3n) is 2.23. The van der Waals surface area contributed by atoms with Crippen LogP contribution in [0.2, 0.25) is 0 Å². The lowest BCUT2D eigenvalue weighted by Crippen LogP contribution is -2.04. The zero-order chi connectivity index (χ0) is 10.4. The number of hydrogen-bond acceptors (Lipinski definition) is 1. The van der Waals surface area contributed by atoms with Crippen LogP contribution in [0.5, 0.6) is 0 Å². The molecule has 0 bridgehead atoms. The summed E-state index contributed by atoms with van der Waals surface area (Å²) in [5.41, 5.74) is 5.49. The van der Waals surface area contributed by atoms with Gasteiger partial charge in [0.05, 0.1) is 6.10 Å². The zero-order valence-electron chi connectivity index (χ0n) is 8.95. The van der Waals surface area contributed by atoms with Crippen LogP contribution in [0.25, 0.3) is 6.08 Å². The fourth-order valence-electron chi connectivity index (χ4n) is 1.04. The lowest BCUT2D eigenvalue weighted by atomic mass is 10.1. The van der Waals surface area contributed by atoms with E-state index < -0.39 is 0 Å². The Hall–Kier alpha value is -1.30. The molecular weight excluding hydrogens is 172 g/mol. The Balaban J connectivity index is 2.81. The minimum Gasteiger partial charge on any atom is -0.377 e. The summed E-state index contributed by atoms with van der Waals surface area (Å²) < 4.78 is 5.18. The van der Waals surface area contributed by atoms with Crippen molar-refractivity contribution in [1.82, 2.24) is 0 Å². The van der Waals surface area contributed by atoms with E-state index in [0.717, 1.165) is 11.1 Å². The van der Waals surface area contributed by atoms with Gasteiger partial charge < -0.3 is 4.74 Å². The summed E-state index contributed by atoms with van der Waals surface area (Å²) in [6, 6.07) is 10.1. The van der Waals surface area contributed by atoms with Crippen LogP contribution in [0.3, 0.4) is 0 Å². The van der Waals surface area contributed by atoms with Gasteiger partial charge in [-0.1, -0.05) is 30.3 Å². The first-order valence-corrected chi connectivity index (χ1v) is 4.75. The van der Waals surface area contributed by atoms with Gasteiger partial charge in [-0.3, -0.25) is 0 Å². The monoisotopic (exact) mass is 188 g/mol. The maximum atomic E-state index is 5.18. The summed E-state index contributed by atoms with van der Waals surface area (Å²) in [5.74, 6) is 0. The molecule has 0 aliphatic carbocycles. The maximum absolute atomic E-state index is 5.18. The molecule has 1 nitrogen and oxygen atoms in total. The molecule has 0 N–H and O–H groups in total. The predicted octanol–water partition coefficient (Wildman–Crippen LogP) is 3.28. The Kier molecular flexibility index (Phi) is 4.18. The van der Waals surface area contributed by atoms with Crippen molar-refractivity contribution in [1.29, 1.82) is 0 Å². The summed E-state index contributed by atoms with van der Waals surface area (Å²) in [6.07, 6.45) is 2.11. The number of methoxy groups -OCH3 is 1. The molecule has 1 atom stereocenters. The van der Waals surface area contributed by atoms with Crippen LogP contribution >= 0.6 is 0 Å². The van der Waals surface area contributed by atoms with Gasteiger partial charge in [0.25, 0.3) is 0 Å². The molecule has 0 heterocycles. The molecule has 0 saturated carbocycles. The van der Waals surface area contributed by atoms with Gasteiger partial charge in [-0.05, 0) is 31.1 Å².